The average molecular weight is 301 g/mol. The predicted octanol–water partition coefficient (Wildman–Crippen LogP) is 3.61. The molecular formula is C16H31NO4. The van der Waals surface area contributed by atoms with Gasteiger partial charge in [0.05, 0.1) is 12.5 Å². The van der Waals surface area contributed by atoms with E-state index in [0.29, 0.717) is 25.9 Å². The van der Waals surface area contributed by atoms with Crippen molar-refractivity contribution in [2.75, 3.05) is 20.2 Å². The number of carbonyl (C=O) groups excluding carboxylic acids is 2. The van der Waals surface area contributed by atoms with Crippen LogP contribution >= 0.6 is 0 Å². The highest BCUT2D eigenvalue weighted by Gasteiger charge is 2.42. The summed E-state index contributed by atoms with van der Waals surface area (Å²) in [7, 11) is 1.42. The summed E-state index contributed by atoms with van der Waals surface area (Å²) in [4.78, 5) is 25.5. The molecule has 0 aromatic carbocycles. The van der Waals surface area contributed by atoms with E-state index in [1.165, 1.54) is 7.11 Å². The molecule has 0 bridgehead atoms. The zero-order valence-electron chi connectivity index (χ0n) is 14.6. The molecule has 21 heavy (non-hydrogen) atoms. The lowest BCUT2D eigenvalue weighted by Crippen LogP contribution is -2.48. The van der Waals surface area contributed by atoms with E-state index in [1.54, 1.807) is 4.90 Å². The van der Waals surface area contributed by atoms with Crippen molar-refractivity contribution in [3.8, 4) is 0 Å². The Morgan fingerprint density at radius 2 is 1.62 bits per heavy atom. The molecule has 0 aromatic heterocycles. The third-order valence-corrected chi connectivity index (χ3v) is 3.67. The number of esters is 1. The van der Waals surface area contributed by atoms with Crippen molar-refractivity contribution in [3.05, 3.63) is 0 Å². The van der Waals surface area contributed by atoms with Crippen LogP contribution in [0, 0.1) is 5.41 Å². The third-order valence-electron chi connectivity index (χ3n) is 3.67. The maximum absolute atomic E-state index is 11.9. The summed E-state index contributed by atoms with van der Waals surface area (Å²) >= 11 is 0. The number of nitrogens with zero attached hydrogens (tertiary/aromatic N) is 1. The van der Waals surface area contributed by atoms with Gasteiger partial charge < -0.3 is 14.4 Å². The monoisotopic (exact) mass is 301 g/mol. The molecule has 0 saturated carbocycles. The summed E-state index contributed by atoms with van der Waals surface area (Å²) in [5.41, 5.74) is -0.925. The first-order valence-corrected chi connectivity index (χ1v) is 7.80. The van der Waals surface area contributed by atoms with Gasteiger partial charge in [-0.1, -0.05) is 20.8 Å². The Morgan fingerprint density at radius 3 is 1.95 bits per heavy atom. The molecule has 1 saturated heterocycles. The molecule has 1 fully saturated rings. The molecule has 1 amide bonds. The van der Waals surface area contributed by atoms with Crippen molar-refractivity contribution in [1.82, 2.24) is 4.90 Å². The van der Waals surface area contributed by atoms with E-state index in [0.717, 1.165) is 6.42 Å². The lowest BCUT2D eigenvalue weighted by Gasteiger charge is -2.39. The van der Waals surface area contributed by atoms with Crippen LogP contribution in [-0.2, 0) is 14.3 Å². The molecule has 1 aliphatic heterocycles. The van der Waals surface area contributed by atoms with E-state index in [9.17, 15) is 9.59 Å². The maximum atomic E-state index is 11.9. The molecule has 0 unspecified atom stereocenters. The molecule has 124 valence electrons. The lowest BCUT2D eigenvalue weighted by molar-refractivity contribution is -0.156. The number of piperidine rings is 1. The average Bonchev–Trinajstić information content (AvgIpc) is 2.46. The standard InChI is InChI=1S/C14H25NO4.C2H6/c1-6-14(11(16)18-5)7-9-15(10-8-14)12(17)19-13(2,3)4;1-2/h6-10H2,1-5H3;1-2H3. The van der Waals surface area contributed by atoms with Gasteiger partial charge in [0.25, 0.3) is 0 Å². The van der Waals surface area contributed by atoms with Crippen molar-refractivity contribution in [1.29, 1.82) is 0 Å². The van der Waals surface area contributed by atoms with Crippen LogP contribution in [0.5, 0.6) is 0 Å². The second-order valence-electron chi connectivity index (χ2n) is 6.09. The Morgan fingerprint density at radius 1 is 1.14 bits per heavy atom. The summed E-state index contributed by atoms with van der Waals surface area (Å²) in [6.07, 6.45) is 1.70. The van der Waals surface area contributed by atoms with E-state index in [1.807, 2.05) is 41.5 Å². The normalized spacial score (nSPS) is 17.4. The van der Waals surface area contributed by atoms with Crippen LogP contribution in [0.15, 0.2) is 0 Å². The first kappa shape index (κ1) is 19.7. The van der Waals surface area contributed by atoms with Crippen molar-refractivity contribution in [2.24, 2.45) is 5.41 Å². The fraction of sp³-hybridized carbons (Fsp3) is 0.875. The van der Waals surface area contributed by atoms with Crippen LogP contribution in [0.3, 0.4) is 0 Å². The number of methoxy groups -OCH3 is 1. The number of amides is 1. The maximum Gasteiger partial charge on any atom is 0.410 e. The molecule has 0 N–H and O–H groups in total. The summed E-state index contributed by atoms with van der Waals surface area (Å²) in [5.74, 6) is -0.168. The molecular weight excluding hydrogens is 270 g/mol. The van der Waals surface area contributed by atoms with Gasteiger partial charge in [0.2, 0.25) is 0 Å². The highest BCUT2D eigenvalue weighted by molar-refractivity contribution is 5.77. The Balaban J connectivity index is 0.00000191. The molecule has 1 rings (SSSR count). The van der Waals surface area contributed by atoms with Gasteiger partial charge in [-0.05, 0) is 40.0 Å². The minimum absolute atomic E-state index is 0.168. The van der Waals surface area contributed by atoms with Crippen molar-refractivity contribution in [3.63, 3.8) is 0 Å². The first-order chi connectivity index (χ1) is 9.74. The number of hydrogen-bond donors (Lipinski definition) is 0. The number of ether oxygens (including phenoxy) is 2. The molecule has 0 aromatic rings. The Kier molecular flexibility index (Phi) is 7.75. The van der Waals surface area contributed by atoms with Gasteiger partial charge in [0.1, 0.15) is 5.60 Å². The van der Waals surface area contributed by atoms with E-state index >= 15 is 0 Å². The van der Waals surface area contributed by atoms with Crippen LogP contribution < -0.4 is 0 Å². The van der Waals surface area contributed by atoms with Gasteiger partial charge in [0.15, 0.2) is 0 Å². The predicted molar refractivity (Wildman–Crippen MR) is 83.1 cm³/mol. The molecule has 5 nitrogen and oxygen atoms in total. The molecule has 1 heterocycles. The van der Waals surface area contributed by atoms with Gasteiger partial charge in [-0.15, -0.1) is 0 Å². The topological polar surface area (TPSA) is 55.8 Å². The Bertz CT molecular complexity index is 339. The van der Waals surface area contributed by atoms with Gasteiger partial charge in [-0.2, -0.15) is 0 Å². The number of likely N-dealkylation sites (tertiary alicyclic amines) is 1. The third kappa shape index (κ3) is 5.56. The van der Waals surface area contributed by atoms with Gasteiger partial charge in [0, 0.05) is 13.1 Å². The summed E-state index contributed by atoms with van der Waals surface area (Å²) in [5, 5.41) is 0. The number of rotatable bonds is 2. The van der Waals surface area contributed by atoms with Crippen molar-refractivity contribution >= 4 is 12.1 Å². The van der Waals surface area contributed by atoms with Crippen LogP contribution in [-0.4, -0.2) is 42.8 Å². The highest BCUT2D eigenvalue weighted by Crippen LogP contribution is 2.36. The van der Waals surface area contributed by atoms with E-state index in [2.05, 4.69) is 0 Å². The number of hydrogen-bond acceptors (Lipinski definition) is 4. The SMILES string of the molecule is CC.CCC1(C(=O)OC)CCN(C(=O)OC(C)(C)C)CC1. The smallest absolute Gasteiger partial charge is 0.410 e. The minimum Gasteiger partial charge on any atom is -0.469 e. The lowest BCUT2D eigenvalue weighted by atomic mass is 9.76. The van der Waals surface area contributed by atoms with Gasteiger partial charge in [-0.3, -0.25) is 4.79 Å². The Labute approximate surface area is 129 Å². The van der Waals surface area contributed by atoms with Crippen LogP contribution in [0.2, 0.25) is 0 Å². The zero-order valence-corrected chi connectivity index (χ0v) is 14.6. The molecule has 0 atom stereocenters. The number of carbonyl (C=O) groups is 2. The highest BCUT2D eigenvalue weighted by atomic mass is 16.6. The van der Waals surface area contributed by atoms with E-state index in [4.69, 9.17) is 9.47 Å². The van der Waals surface area contributed by atoms with E-state index < -0.39 is 11.0 Å². The fourth-order valence-corrected chi connectivity index (χ4v) is 2.36. The summed E-state index contributed by atoms with van der Waals surface area (Å²) in [6, 6.07) is 0. The van der Waals surface area contributed by atoms with Crippen molar-refractivity contribution in [2.45, 2.75) is 66.4 Å². The van der Waals surface area contributed by atoms with Crippen LogP contribution in [0.25, 0.3) is 0 Å². The quantitative estimate of drug-likeness (QED) is 0.731. The van der Waals surface area contributed by atoms with Crippen LogP contribution in [0.4, 0.5) is 4.79 Å². The second-order valence-corrected chi connectivity index (χ2v) is 6.09. The Hall–Kier alpha value is -1.26. The molecule has 5 heteroatoms. The van der Waals surface area contributed by atoms with Crippen molar-refractivity contribution < 1.29 is 19.1 Å². The van der Waals surface area contributed by atoms with Gasteiger partial charge in [-0.25, -0.2) is 4.79 Å². The summed E-state index contributed by atoms with van der Waals surface area (Å²) in [6.45, 7) is 12.6. The fourth-order valence-electron chi connectivity index (χ4n) is 2.36. The zero-order chi connectivity index (χ0) is 16.7. The van der Waals surface area contributed by atoms with Gasteiger partial charge >= 0.3 is 12.1 Å². The molecule has 1 aliphatic rings. The first-order valence-electron chi connectivity index (χ1n) is 7.80. The van der Waals surface area contributed by atoms with E-state index in [-0.39, 0.29) is 12.1 Å². The minimum atomic E-state index is -0.487. The molecule has 0 spiro atoms. The molecule has 0 aliphatic carbocycles. The largest absolute Gasteiger partial charge is 0.469 e. The molecule has 0 radical (unpaired) electrons. The second kappa shape index (κ2) is 8.25. The summed E-state index contributed by atoms with van der Waals surface area (Å²) < 4.78 is 10.2. The van der Waals surface area contributed by atoms with Crippen LogP contribution in [0.1, 0.15) is 60.8 Å².